The standard InChI is InChI=1S/C13H22/c1-4-12(5-2)10-6-9(3)7-13(10)8-11(12)13/h9-11H,4-8H2,1-3H3. The molecule has 0 aromatic carbocycles. The first-order valence-electron chi connectivity index (χ1n) is 6.19. The predicted molar refractivity (Wildman–Crippen MR) is 55.4 cm³/mol. The van der Waals surface area contributed by atoms with Crippen LogP contribution in [0.2, 0.25) is 0 Å². The van der Waals surface area contributed by atoms with Crippen molar-refractivity contribution in [1.82, 2.24) is 0 Å². The molecule has 3 rings (SSSR count). The van der Waals surface area contributed by atoms with Crippen LogP contribution in [0.4, 0.5) is 0 Å². The third-order valence-electron chi connectivity index (χ3n) is 5.88. The van der Waals surface area contributed by atoms with E-state index >= 15 is 0 Å². The lowest BCUT2D eigenvalue weighted by Crippen LogP contribution is -2.46. The number of rotatable bonds is 2. The molecule has 0 aromatic heterocycles. The van der Waals surface area contributed by atoms with E-state index in [0.717, 1.165) is 28.6 Å². The minimum absolute atomic E-state index is 0.810. The molecule has 0 radical (unpaired) electrons. The van der Waals surface area contributed by atoms with Gasteiger partial charge in [-0.1, -0.05) is 20.8 Å². The van der Waals surface area contributed by atoms with Crippen LogP contribution in [0.3, 0.4) is 0 Å². The second kappa shape index (κ2) is 2.15. The third-order valence-corrected chi connectivity index (χ3v) is 5.88. The summed E-state index contributed by atoms with van der Waals surface area (Å²) in [6, 6.07) is 0. The molecule has 0 aromatic rings. The molecule has 0 amide bonds. The minimum atomic E-state index is 0.810. The van der Waals surface area contributed by atoms with Crippen molar-refractivity contribution < 1.29 is 0 Å². The van der Waals surface area contributed by atoms with Crippen molar-refractivity contribution in [2.45, 2.75) is 52.9 Å². The van der Waals surface area contributed by atoms with E-state index in [9.17, 15) is 0 Å². The summed E-state index contributed by atoms with van der Waals surface area (Å²) >= 11 is 0. The van der Waals surface area contributed by atoms with Gasteiger partial charge in [-0.25, -0.2) is 0 Å². The van der Waals surface area contributed by atoms with Crippen LogP contribution in [-0.4, -0.2) is 0 Å². The molecule has 3 saturated carbocycles. The first-order chi connectivity index (χ1) is 6.19. The largest absolute Gasteiger partial charge is 0.0648 e. The van der Waals surface area contributed by atoms with Crippen LogP contribution >= 0.6 is 0 Å². The van der Waals surface area contributed by atoms with Crippen LogP contribution in [0.25, 0.3) is 0 Å². The zero-order valence-corrected chi connectivity index (χ0v) is 9.27. The van der Waals surface area contributed by atoms with Gasteiger partial charge < -0.3 is 0 Å². The Kier molecular flexibility index (Phi) is 1.37. The van der Waals surface area contributed by atoms with Gasteiger partial charge in [0.1, 0.15) is 0 Å². The molecule has 0 N–H and O–H groups in total. The zero-order valence-electron chi connectivity index (χ0n) is 9.27. The van der Waals surface area contributed by atoms with Crippen molar-refractivity contribution >= 4 is 0 Å². The molecule has 0 heteroatoms. The molecule has 3 aliphatic carbocycles. The summed E-state index contributed by atoms with van der Waals surface area (Å²) in [4.78, 5) is 0. The normalized spacial score (nSPS) is 55.2. The average molecular weight is 178 g/mol. The van der Waals surface area contributed by atoms with Crippen LogP contribution in [0, 0.1) is 28.6 Å². The lowest BCUT2D eigenvalue weighted by Gasteiger charge is -2.52. The first kappa shape index (κ1) is 8.32. The smallest absolute Gasteiger partial charge is 0.0224 e. The Morgan fingerprint density at radius 3 is 2.38 bits per heavy atom. The van der Waals surface area contributed by atoms with Crippen LogP contribution in [-0.2, 0) is 0 Å². The minimum Gasteiger partial charge on any atom is -0.0648 e. The van der Waals surface area contributed by atoms with Gasteiger partial charge in [0.2, 0.25) is 0 Å². The monoisotopic (exact) mass is 178 g/mol. The van der Waals surface area contributed by atoms with Gasteiger partial charge >= 0.3 is 0 Å². The van der Waals surface area contributed by atoms with Crippen molar-refractivity contribution in [3.8, 4) is 0 Å². The maximum Gasteiger partial charge on any atom is -0.0224 e. The summed E-state index contributed by atoms with van der Waals surface area (Å²) in [5, 5.41) is 0. The molecule has 3 fully saturated rings. The van der Waals surface area contributed by atoms with Gasteiger partial charge in [-0.05, 0) is 60.7 Å². The van der Waals surface area contributed by atoms with E-state index in [1.807, 2.05) is 0 Å². The van der Waals surface area contributed by atoms with Crippen molar-refractivity contribution in [2.24, 2.45) is 28.6 Å². The van der Waals surface area contributed by atoms with Crippen molar-refractivity contribution in [2.75, 3.05) is 0 Å². The summed E-state index contributed by atoms with van der Waals surface area (Å²) in [7, 11) is 0. The fourth-order valence-electron chi connectivity index (χ4n) is 5.41. The van der Waals surface area contributed by atoms with Gasteiger partial charge in [0, 0.05) is 0 Å². The zero-order chi connectivity index (χ0) is 9.27. The van der Waals surface area contributed by atoms with E-state index < -0.39 is 0 Å². The van der Waals surface area contributed by atoms with Crippen LogP contribution in [0.1, 0.15) is 52.9 Å². The second-order valence-electron chi connectivity index (χ2n) is 6.03. The number of hydrogen-bond acceptors (Lipinski definition) is 0. The molecule has 0 nitrogen and oxygen atoms in total. The Labute approximate surface area is 82.1 Å². The highest BCUT2D eigenvalue weighted by atomic mass is 14.8. The van der Waals surface area contributed by atoms with Gasteiger partial charge in [0.15, 0.2) is 0 Å². The third kappa shape index (κ3) is 0.680. The topological polar surface area (TPSA) is 0 Å². The average Bonchev–Trinajstić information content (AvgIpc) is 2.65. The van der Waals surface area contributed by atoms with Gasteiger partial charge in [-0.2, -0.15) is 0 Å². The Hall–Kier alpha value is 0. The Morgan fingerprint density at radius 1 is 1.08 bits per heavy atom. The second-order valence-corrected chi connectivity index (χ2v) is 6.03. The van der Waals surface area contributed by atoms with E-state index in [2.05, 4.69) is 20.8 Å². The van der Waals surface area contributed by atoms with E-state index in [1.165, 1.54) is 12.8 Å². The van der Waals surface area contributed by atoms with E-state index in [-0.39, 0.29) is 0 Å². The summed E-state index contributed by atoms with van der Waals surface area (Å²) in [6.45, 7) is 7.32. The van der Waals surface area contributed by atoms with Gasteiger partial charge in [-0.15, -0.1) is 0 Å². The van der Waals surface area contributed by atoms with E-state index in [0.29, 0.717) is 0 Å². The van der Waals surface area contributed by atoms with Crippen LogP contribution in [0.5, 0.6) is 0 Å². The SMILES string of the molecule is CCC1(CC)C2CC(C)CC23CC13. The molecule has 0 saturated heterocycles. The van der Waals surface area contributed by atoms with Crippen molar-refractivity contribution in [3.05, 3.63) is 0 Å². The molecule has 74 valence electrons. The molecule has 0 aliphatic heterocycles. The maximum absolute atomic E-state index is 2.47. The molecule has 3 aliphatic rings. The molecule has 13 heavy (non-hydrogen) atoms. The fraction of sp³-hybridized carbons (Fsp3) is 1.00. The molecule has 4 atom stereocenters. The summed E-state index contributed by atoms with van der Waals surface area (Å²) in [6.07, 6.45) is 7.63. The van der Waals surface area contributed by atoms with Gasteiger partial charge in [0.25, 0.3) is 0 Å². The van der Waals surface area contributed by atoms with Gasteiger partial charge in [0.05, 0.1) is 0 Å². The Balaban J connectivity index is 1.90. The lowest BCUT2D eigenvalue weighted by atomic mass is 9.52. The molecule has 0 bridgehead atoms. The van der Waals surface area contributed by atoms with Crippen molar-refractivity contribution in [3.63, 3.8) is 0 Å². The highest BCUT2D eigenvalue weighted by molar-refractivity contribution is 5.28. The van der Waals surface area contributed by atoms with Crippen LogP contribution in [0.15, 0.2) is 0 Å². The van der Waals surface area contributed by atoms with Crippen LogP contribution < -0.4 is 0 Å². The summed E-state index contributed by atoms with van der Waals surface area (Å²) in [5.74, 6) is 3.33. The molecular formula is C13H22. The van der Waals surface area contributed by atoms with Crippen molar-refractivity contribution in [1.29, 1.82) is 0 Å². The van der Waals surface area contributed by atoms with E-state index in [1.54, 1.807) is 19.3 Å². The molecule has 1 spiro atoms. The first-order valence-corrected chi connectivity index (χ1v) is 6.19. The Bertz CT molecular complexity index is 238. The number of hydrogen-bond donors (Lipinski definition) is 0. The lowest BCUT2D eigenvalue weighted by molar-refractivity contribution is -0.0386. The highest BCUT2D eigenvalue weighted by Gasteiger charge is 2.80. The quantitative estimate of drug-likeness (QED) is 0.602. The molecular weight excluding hydrogens is 156 g/mol. The maximum atomic E-state index is 2.47. The Morgan fingerprint density at radius 2 is 1.77 bits per heavy atom. The van der Waals surface area contributed by atoms with E-state index in [4.69, 9.17) is 0 Å². The molecule has 0 heterocycles. The summed E-state index contributed by atoms with van der Waals surface area (Å²) < 4.78 is 0. The molecule has 4 unspecified atom stereocenters. The highest BCUT2D eigenvalue weighted by Crippen LogP contribution is 2.87. The van der Waals surface area contributed by atoms with Gasteiger partial charge in [-0.3, -0.25) is 0 Å². The predicted octanol–water partition coefficient (Wildman–Crippen LogP) is 3.86. The fourth-order valence-corrected chi connectivity index (χ4v) is 5.41. The summed E-state index contributed by atoms with van der Waals surface area (Å²) in [5.41, 5.74) is 1.72.